The van der Waals surface area contributed by atoms with Crippen molar-refractivity contribution in [3.8, 4) is 11.5 Å². The van der Waals surface area contributed by atoms with Gasteiger partial charge in [-0.1, -0.05) is 64.9 Å². The van der Waals surface area contributed by atoms with Crippen molar-refractivity contribution in [1.82, 2.24) is 0 Å². The molecule has 0 aliphatic carbocycles. The van der Waals surface area contributed by atoms with E-state index in [0.717, 1.165) is 25.7 Å². The van der Waals surface area contributed by atoms with Gasteiger partial charge in [0.1, 0.15) is 23.5 Å². The Hall–Kier alpha value is -0.810. The Morgan fingerprint density at radius 3 is 2.40 bits per heavy atom. The Labute approximate surface area is 168 Å². The molecule has 0 aliphatic rings. The van der Waals surface area contributed by atoms with Gasteiger partial charge in [0.15, 0.2) is 5.75 Å². The highest BCUT2D eigenvalue weighted by Crippen LogP contribution is 2.37. The quantitative estimate of drug-likeness (QED) is 0.212. The molecular weight excluding hydrogens is 408 g/mol. The van der Waals surface area contributed by atoms with Gasteiger partial charge < -0.3 is 14.3 Å². The first kappa shape index (κ1) is 22.2. The molecule has 0 amide bonds. The molecule has 1 aromatic rings. The van der Waals surface area contributed by atoms with Crippen LogP contribution in [-0.4, -0.2) is 26.0 Å². The third-order valence-electron chi connectivity index (χ3n) is 2.90. The van der Waals surface area contributed by atoms with E-state index in [1.807, 2.05) is 0 Å². The highest BCUT2D eigenvalue weighted by Gasteiger charge is 2.10. The number of hydrogen-bond acceptors (Lipinski definition) is 4. The molecule has 0 saturated heterocycles. The van der Waals surface area contributed by atoms with Gasteiger partial charge in [-0.05, 0) is 25.3 Å². The zero-order chi connectivity index (χ0) is 18.5. The largest absolute Gasteiger partial charge is 0.490 e. The Morgan fingerprint density at radius 1 is 1.08 bits per heavy atom. The minimum absolute atomic E-state index is 0.136. The van der Waals surface area contributed by atoms with Crippen LogP contribution in [0.3, 0.4) is 0 Å². The van der Waals surface area contributed by atoms with Crippen LogP contribution in [0.2, 0.25) is 10.0 Å². The fourth-order valence-corrected chi connectivity index (χ4v) is 2.39. The van der Waals surface area contributed by atoms with Crippen LogP contribution in [0.4, 0.5) is 0 Å². The zero-order valence-electron chi connectivity index (χ0n) is 13.9. The molecule has 0 atom stereocenters. The number of halogens is 4. The van der Waals surface area contributed by atoms with Crippen molar-refractivity contribution in [2.75, 3.05) is 19.8 Å². The first-order valence-electron chi connectivity index (χ1n) is 7.94. The van der Waals surface area contributed by atoms with Gasteiger partial charge in [-0.2, -0.15) is 0 Å². The topological polar surface area (TPSA) is 40.0 Å². The number of benzene rings is 1. The van der Waals surface area contributed by atoms with E-state index >= 15 is 0 Å². The lowest BCUT2D eigenvalue weighted by Crippen LogP contribution is -2.01. The predicted octanol–water partition coefficient (Wildman–Crippen LogP) is 6.65. The van der Waals surface area contributed by atoms with Gasteiger partial charge in [0.05, 0.1) is 16.7 Å². The smallest absolute Gasteiger partial charge is 0.156 e. The number of rotatable bonds is 12. The summed E-state index contributed by atoms with van der Waals surface area (Å²) in [7, 11) is 0. The number of hydrogen-bond donors (Lipinski definition) is 0. The molecule has 0 spiro atoms. The zero-order valence-corrected chi connectivity index (χ0v) is 17.0. The predicted molar refractivity (Wildman–Crippen MR) is 106 cm³/mol. The summed E-state index contributed by atoms with van der Waals surface area (Å²) in [5.41, 5.74) is 0. The van der Waals surface area contributed by atoms with Crippen molar-refractivity contribution in [3.63, 3.8) is 0 Å². The molecule has 0 aliphatic heterocycles. The number of unbranched alkanes of at least 4 members (excludes halogenated alkanes) is 2. The molecule has 0 aromatic heterocycles. The maximum atomic E-state index is 6.19. The highest BCUT2D eigenvalue weighted by molar-refractivity contribution is 6.55. The van der Waals surface area contributed by atoms with E-state index in [1.54, 1.807) is 18.3 Å². The average Bonchev–Trinajstić information content (AvgIpc) is 2.55. The lowest BCUT2D eigenvalue weighted by Gasteiger charge is -2.12. The molecular formula is C17H21Cl4NO3. The van der Waals surface area contributed by atoms with Crippen LogP contribution in [0, 0.1) is 0 Å². The van der Waals surface area contributed by atoms with Gasteiger partial charge in [-0.3, -0.25) is 0 Å². The first-order valence-corrected chi connectivity index (χ1v) is 9.45. The second kappa shape index (κ2) is 13.4. The fourth-order valence-electron chi connectivity index (χ4n) is 1.69. The first-order chi connectivity index (χ1) is 12.0. The fraction of sp³-hybridized carbons (Fsp3) is 0.471. The van der Waals surface area contributed by atoms with E-state index < -0.39 is 0 Å². The third kappa shape index (κ3) is 10.0. The van der Waals surface area contributed by atoms with E-state index in [9.17, 15) is 0 Å². The molecule has 0 fully saturated rings. The van der Waals surface area contributed by atoms with Crippen LogP contribution < -0.4 is 9.47 Å². The Morgan fingerprint density at radius 2 is 1.76 bits per heavy atom. The summed E-state index contributed by atoms with van der Waals surface area (Å²) >= 11 is 23.4. The molecule has 1 aromatic carbocycles. The van der Waals surface area contributed by atoms with E-state index in [1.165, 1.54) is 6.08 Å². The highest BCUT2D eigenvalue weighted by atomic mass is 35.5. The molecule has 8 heteroatoms. The maximum Gasteiger partial charge on any atom is 0.156 e. The molecule has 0 saturated carbocycles. The number of ether oxygens (including phenoxy) is 2. The van der Waals surface area contributed by atoms with Crippen LogP contribution in [0.15, 0.2) is 27.9 Å². The van der Waals surface area contributed by atoms with E-state index in [0.29, 0.717) is 34.8 Å². The monoisotopic (exact) mass is 427 g/mol. The molecule has 4 nitrogen and oxygen atoms in total. The van der Waals surface area contributed by atoms with Gasteiger partial charge in [0.25, 0.3) is 0 Å². The number of nitrogens with zero attached hydrogens (tertiary/aromatic N) is 1. The average molecular weight is 429 g/mol. The van der Waals surface area contributed by atoms with Gasteiger partial charge >= 0.3 is 0 Å². The Kier molecular flexibility index (Phi) is 11.9. The SMILES string of the molecule is CCCC=NOCCCCOc1c(Cl)cc(OCC=C(Cl)Cl)cc1Cl. The Bertz CT molecular complexity index is 552. The standard InChI is InChI=1S/C17H21Cl4NO3/c1-2-3-7-22-25-9-5-4-8-24-17-14(18)11-13(12-15(17)19)23-10-6-16(20)21/h6-7,11-12H,2-5,8-10H2,1H3. The van der Waals surface area contributed by atoms with Crippen molar-refractivity contribution in [2.45, 2.75) is 32.6 Å². The minimum atomic E-state index is 0.136. The van der Waals surface area contributed by atoms with Crippen LogP contribution in [0.25, 0.3) is 0 Å². The molecule has 0 bridgehead atoms. The molecule has 25 heavy (non-hydrogen) atoms. The molecule has 1 rings (SSSR count). The van der Waals surface area contributed by atoms with Crippen LogP contribution in [0.1, 0.15) is 32.6 Å². The summed E-state index contributed by atoms with van der Waals surface area (Å²) in [6.45, 7) is 3.33. The molecule has 140 valence electrons. The maximum absolute atomic E-state index is 6.19. The summed E-state index contributed by atoms with van der Waals surface area (Å²) < 4.78 is 11.2. The van der Waals surface area contributed by atoms with Gasteiger partial charge in [-0.15, -0.1) is 0 Å². The van der Waals surface area contributed by atoms with Crippen LogP contribution in [-0.2, 0) is 4.84 Å². The van der Waals surface area contributed by atoms with Gasteiger partial charge in [-0.25, -0.2) is 0 Å². The van der Waals surface area contributed by atoms with E-state index in [-0.39, 0.29) is 11.1 Å². The van der Waals surface area contributed by atoms with Crippen LogP contribution >= 0.6 is 46.4 Å². The summed E-state index contributed by atoms with van der Waals surface area (Å²) in [5.74, 6) is 0.940. The lowest BCUT2D eigenvalue weighted by atomic mass is 10.3. The van der Waals surface area contributed by atoms with Crippen LogP contribution in [0.5, 0.6) is 11.5 Å². The van der Waals surface area contributed by atoms with Crippen molar-refractivity contribution in [1.29, 1.82) is 0 Å². The van der Waals surface area contributed by atoms with Gasteiger partial charge in [0, 0.05) is 18.3 Å². The normalized spacial score (nSPS) is 10.8. The Balaban J connectivity index is 2.35. The van der Waals surface area contributed by atoms with Gasteiger partial charge in [0.2, 0.25) is 0 Å². The van der Waals surface area contributed by atoms with Crippen molar-refractivity contribution in [3.05, 3.63) is 32.7 Å². The van der Waals surface area contributed by atoms with Crippen molar-refractivity contribution < 1.29 is 14.3 Å². The summed E-state index contributed by atoms with van der Waals surface area (Å²) in [4.78, 5) is 5.13. The lowest BCUT2D eigenvalue weighted by molar-refractivity contribution is 0.136. The third-order valence-corrected chi connectivity index (χ3v) is 3.77. The summed E-state index contributed by atoms with van der Waals surface area (Å²) in [6, 6.07) is 3.26. The van der Waals surface area contributed by atoms with Crippen molar-refractivity contribution >= 4 is 52.6 Å². The summed E-state index contributed by atoms with van der Waals surface area (Å²) in [6.07, 6.45) is 6.90. The molecule has 0 heterocycles. The minimum Gasteiger partial charge on any atom is -0.490 e. The molecule has 0 N–H and O–H groups in total. The second-order valence-corrected chi connectivity index (χ2v) is 6.81. The number of oxime groups is 1. The second-order valence-electron chi connectivity index (χ2n) is 4.99. The molecule has 0 unspecified atom stereocenters. The summed E-state index contributed by atoms with van der Waals surface area (Å²) in [5, 5.41) is 4.60. The van der Waals surface area contributed by atoms with E-state index in [4.69, 9.17) is 60.7 Å². The van der Waals surface area contributed by atoms with Crippen molar-refractivity contribution in [2.24, 2.45) is 5.16 Å². The van der Waals surface area contributed by atoms with E-state index in [2.05, 4.69) is 12.1 Å². The molecule has 0 radical (unpaired) electrons.